The maximum Gasteiger partial charge on any atom is 0.336 e. The minimum atomic E-state index is -0.394. The van der Waals surface area contributed by atoms with Gasteiger partial charge in [-0.25, -0.2) is 4.79 Å². The summed E-state index contributed by atoms with van der Waals surface area (Å²) in [6, 6.07) is 6.69. The zero-order chi connectivity index (χ0) is 15.9. The van der Waals surface area contributed by atoms with Crippen molar-refractivity contribution in [3.63, 3.8) is 0 Å². The van der Waals surface area contributed by atoms with Gasteiger partial charge in [-0.3, -0.25) is 5.43 Å². The maximum atomic E-state index is 11.3. The number of nitrogens with one attached hydrogen (secondary N) is 1. The van der Waals surface area contributed by atoms with Gasteiger partial charge in [0, 0.05) is 23.1 Å². The number of ether oxygens (including phenoxy) is 1. The van der Waals surface area contributed by atoms with Crippen LogP contribution in [0.25, 0.3) is 11.0 Å². The fourth-order valence-electron chi connectivity index (χ4n) is 2.43. The molecule has 0 radical (unpaired) electrons. The van der Waals surface area contributed by atoms with Gasteiger partial charge in [0.1, 0.15) is 23.1 Å². The fourth-order valence-corrected chi connectivity index (χ4v) is 2.48. The Hall–Kier alpha value is -2.41. The van der Waals surface area contributed by atoms with E-state index in [0.717, 1.165) is 16.7 Å². The molecule has 0 spiro atoms. The van der Waals surface area contributed by atoms with Crippen LogP contribution in [-0.4, -0.2) is 16.9 Å². The van der Waals surface area contributed by atoms with E-state index in [1.165, 1.54) is 6.07 Å². The first-order valence-electron chi connectivity index (χ1n) is 6.83. The Bertz CT molecular complexity index is 842. The molecule has 22 heavy (non-hydrogen) atoms. The molecule has 1 aromatic carbocycles. The Labute approximate surface area is 131 Å². The topological polar surface area (TPSA) is 89.8 Å². The van der Waals surface area contributed by atoms with E-state index in [-0.39, 0.29) is 17.1 Å². The fraction of sp³-hybridized carbons (Fsp3) is 0.267. The Morgan fingerprint density at radius 3 is 2.86 bits per heavy atom. The van der Waals surface area contributed by atoms with E-state index in [2.05, 4.69) is 10.5 Å². The highest BCUT2D eigenvalue weighted by molar-refractivity contribution is 7.80. The first-order chi connectivity index (χ1) is 10.5. The highest BCUT2D eigenvalue weighted by atomic mass is 32.1. The van der Waals surface area contributed by atoms with Crippen molar-refractivity contribution in [1.82, 2.24) is 5.43 Å². The minimum Gasteiger partial charge on any atom is -0.483 e. The average molecular weight is 317 g/mol. The van der Waals surface area contributed by atoms with Crippen LogP contribution in [0.1, 0.15) is 19.4 Å². The quantitative estimate of drug-likeness (QED) is 0.498. The van der Waals surface area contributed by atoms with Crippen molar-refractivity contribution in [2.45, 2.75) is 20.0 Å². The van der Waals surface area contributed by atoms with Gasteiger partial charge in [0.2, 0.25) is 0 Å². The van der Waals surface area contributed by atoms with Crippen LogP contribution in [0.3, 0.4) is 0 Å². The molecule has 0 saturated heterocycles. The number of hydrogen-bond donors (Lipinski definition) is 2. The minimum absolute atomic E-state index is 0.0928. The molecular formula is C15H15N3O3S. The molecule has 6 nitrogen and oxygen atoms in total. The van der Waals surface area contributed by atoms with Crippen LogP contribution in [0, 0.1) is 5.92 Å². The number of nitrogens with zero attached hydrogens (tertiary/aromatic N) is 1. The second kappa shape index (κ2) is 5.42. The number of thiocarbonyl (C=S) groups is 1. The first-order valence-corrected chi connectivity index (χ1v) is 7.24. The van der Waals surface area contributed by atoms with Crippen molar-refractivity contribution in [2.75, 3.05) is 0 Å². The molecule has 1 aliphatic rings. The van der Waals surface area contributed by atoms with E-state index in [1.54, 1.807) is 12.1 Å². The normalized spacial score (nSPS) is 18.5. The van der Waals surface area contributed by atoms with Crippen LogP contribution in [0.5, 0.6) is 5.75 Å². The lowest BCUT2D eigenvalue weighted by Gasteiger charge is -2.15. The summed E-state index contributed by atoms with van der Waals surface area (Å²) in [6.45, 7) is 4.07. The molecule has 0 amide bonds. The average Bonchev–Trinajstić information content (AvgIpc) is 2.80. The number of nitrogens with two attached hydrogens (primary N) is 1. The van der Waals surface area contributed by atoms with Gasteiger partial charge >= 0.3 is 5.63 Å². The van der Waals surface area contributed by atoms with Gasteiger partial charge in [-0.05, 0) is 30.3 Å². The number of hydrazone groups is 1. The van der Waals surface area contributed by atoms with Gasteiger partial charge in [-0.1, -0.05) is 13.8 Å². The third-order valence-electron chi connectivity index (χ3n) is 3.41. The predicted octanol–water partition coefficient (Wildman–Crippen LogP) is 1.75. The molecule has 1 atom stereocenters. The van der Waals surface area contributed by atoms with Gasteiger partial charge in [0.25, 0.3) is 0 Å². The molecule has 0 fully saturated rings. The molecule has 7 heteroatoms. The molecule has 0 aliphatic carbocycles. The largest absolute Gasteiger partial charge is 0.483 e. The number of benzene rings is 1. The Morgan fingerprint density at radius 2 is 2.18 bits per heavy atom. The Balaban J connectivity index is 2.15. The van der Waals surface area contributed by atoms with Crippen molar-refractivity contribution >= 4 is 34.0 Å². The monoisotopic (exact) mass is 317 g/mol. The highest BCUT2D eigenvalue weighted by Gasteiger charge is 2.33. The zero-order valence-corrected chi connectivity index (χ0v) is 12.9. The van der Waals surface area contributed by atoms with Crippen LogP contribution in [-0.2, 0) is 0 Å². The summed E-state index contributed by atoms with van der Waals surface area (Å²) < 4.78 is 11.1. The van der Waals surface area contributed by atoms with E-state index in [1.807, 2.05) is 19.9 Å². The van der Waals surface area contributed by atoms with Crippen molar-refractivity contribution in [3.05, 3.63) is 40.2 Å². The molecular weight excluding hydrogens is 302 g/mol. The second-order valence-corrected chi connectivity index (χ2v) is 5.84. The molecule has 2 heterocycles. The lowest BCUT2D eigenvalue weighted by Crippen LogP contribution is -2.32. The third-order valence-corrected chi connectivity index (χ3v) is 3.50. The zero-order valence-electron chi connectivity index (χ0n) is 12.1. The molecule has 114 valence electrons. The standard InChI is InChI=1S/C15H15N3O3S/c1-7(2)14-13(17-18-15(16)22)9-5-8-3-4-12(19)20-10(8)6-11(9)21-14/h3-7,14H,1-2H3,(H3,16,18,22)/b17-13-/t14-/m1/s1. The SMILES string of the molecule is CC(C)[C@H]1Oc2cc3oc(=O)ccc3cc2/C1=N/NC(N)=S. The van der Waals surface area contributed by atoms with Gasteiger partial charge < -0.3 is 14.9 Å². The summed E-state index contributed by atoms with van der Waals surface area (Å²) >= 11 is 4.79. The second-order valence-electron chi connectivity index (χ2n) is 5.40. The van der Waals surface area contributed by atoms with Crippen LogP contribution in [0.4, 0.5) is 0 Å². The van der Waals surface area contributed by atoms with E-state index in [4.69, 9.17) is 27.1 Å². The smallest absolute Gasteiger partial charge is 0.336 e. The lowest BCUT2D eigenvalue weighted by molar-refractivity contribution is 0.229. The molecule has 3 rings (SSSR count). The summed E-state index contributed by atoms with van der Waals surface area (Å²) in [6.07, 6.45) is -0.222. The van der Waals surface area contributed by atoms with Crippen molar-refractivity contribution in [2.24, 2.45) is 16.8 Å². The van der Waals surface area contributed by atoms with Gasteiger partial charge in [0.15, 0.2) is 5.11 Å². The first kappa shape index (κ1) is 14.5. The summed E-state index contributed by atoms with van der Waals surface area (Å²) in [5.41, 5.74) is 9.71. The highest BCUT2D eigenvalue weighted by Crippen LogP contribution is 2.35. The Morgan fingerprint density at radius 1 is 1.41 bits per heavy atom. The number of rotatable bonds is 2. The van der Waals surface area contributed by atoms with Crippen molar-refractivity contribution in [1.29, 1.82) is 0 Å². The van der Waals surface area contributed by atoms with Crippen LogP contribution >= 0.6 is 12.2 Å². The maximum absolute atomic E-state index is 11.3. The van der Waals surface area contributed by atoms with Crippen LogP contribution < -0.4 is 21.5 Å². The number of fused-ring (bicyclic) bond motifs is 2. The molecule has 2 aromatic rings. The summed E-state index contributed by atoms with van der Waals surface area (Å²) in [5, 5.41) is 5.17. The van der Waals surface area contributed by atoms with Crippen LogP contribution in [0.2, 0.25) is 0 Å². The number of hydrogen-bond acceptors (Lipinski definition) is 5. The Kier molecular flexibility index (Phi) is 3.58. The van der Waals surface area contributed by atoms with E-state index in [9.17, 15) is 4.79 Å². The van der Waals surface area contributed by atoms with E-state index in [0.29, 0.717) is 11.3 Å². The molecule has 0 saturated carbocycles. The molecule has 1 aliphatic heterocycles. The third kappa shape index (κ3) is 2.55. The summed E-state index contributed by atoms with van der Waals surface area (Å²) in [7, 11) is 0. The van der Waals surface area contributed by atoms with Gasteiger partial charge in [-0.15, -0.1) is 0 Å². The van der Waals surface area contributed by atoms with E-state index >= 15 is 0 Å². The predicted molar refractivity (Wildman–Crippen MR) is 88.2 cm³/mol. The molecule has 1 aromatic heterocycles. The summed E-state index contributed by atoms with van der Waals surface area (Å²) in [4.78, 5) is 11.3. The lowest BCUT2D eigenvalue weighted by atomic mass is 9.98. The summed E-state index contributed by atoms with van der Waals surface area (Å²) in [5.74, 6) is 0.832. The van der Waals surface area contributed by atoms with E-state index < -0.39 is 5.63 Å². The van der Waals surface area contributed by atoms with Crippen molar-refractivity contribution in [3.8, 4) is 5.75 Å². The molecule has 0 unspecified atom stereocenters. The van der Waals surface area contributed by atoms with Crippen molar-refractivity contribution < 1.29 is 9.15 Å². The van der Waals surface area contributed by atoms with Crippen LogP contribution in [0.15, 0.2) is 38.6 Å². The van der Waals surface area contributed by atoms with Gasteiger partial charge in [-0.2, -0.15) is 5.10 Å². The van der Waals surface area contributed by atoms with Gasteiger partial charge in [0.05, 0.1) is 0 Å². The molecule has 3 N–H and O–H groups in total. The molecule has 0 bridgehead atoms.